The molecule has 0 aliphatic heterocycles. The molecule has 0 aliphatic carbocycles. The minimum Gasteiger partial charge on any atom is -0.443 e. The second-order valence-corrected chi connectivity index (χ2v) is 7.83. The molecule has 0 atom stereocenters. The Kier molecular flexibility index (Phi) is 8.72. The van der Waals surface area contributed by atoms with Crippen LogP contribution in [0.5, 0.6) is 0 Å². The number of urea groups is 1. The topological polar surface area (TPSA) is 117 Å². The Hall–Kier alpha value is -2.81. The van der Waals surface area contributed by atoms with Crippen molar-refractivity contribution in [3.8, 4) is 0 Å². The molecule has 0 heterocycles. The van der Waals surface area contributed by atoms with Gasteiger partial charge in [-0.1, -0.05) is 44.2 Å². The normalized spacial score (nSPS) is 11.2. The van der Waals surface area contributed by atoms with Crippen molar-refractivity contribution in [2.45, 2.75) is 46.8 Å². The Morgan fingerprint density at radius 2 is 1.71 bits per heavy atom. The summed E-state index contributed by atoms with van der Waals surface area (Å²) in [7, 11) is 0. The fourth-order valence-electron chi connectivity index (χ4n) is 2.33. The second kappa shape index (κ2) is 10.5. The quantitative estimate of drug-likeness (QED) is 0.613. The van der Waals surface area contributed by atoms with Crippen molar-refractivity contribution in [1.29, 1.82) is 0 Å². The molecule has 1 rings (SSSR count). The second-order valence-electron chi connectivity index (χ2n) is 7.83. The Morgan fingerprint density at radius 3 is 2.21 bits per heavy atom. The summed E-state index contributed by atoms with van der Waals surface area (Å²) in [6, 6.07) is 8.53. The van der Waals surface area contributed by atoms with Gasteiger partial charge < -0.3 is 10.5 Å². The molecule has 0 fully saturated rings. The van der Waals surface area contributed by atoms with Crippen LogP contribution in [0.3, 0.4) is 0 Å². The number of nitrogens with zero attached hydrogens (tertiary/aromatic N) is 2. The van der Waals surface area contributed by atoms with Crippen molar-refractivity contribution in [3.05, 3.63) is 35.9 Å². The molecule has 1 aromatic carbocycles. The fraction of sp³-hybridized carbons (Fsp3) is 0.526. The largest absolute Gasteiger partial charge is 0.443 e. The molecule has 9 heteroatoms. The molecule has 0 bridgehead atoms. The van der Waals surface area contributed by atoms with Gasteiger partial charge in [0.25, 0.3) is 5.91 Å². The van der Waals surface area contributed by atoms with E-state index >= 15 is 0 Å². The number of nitrogens with one attached hydrogen (secondary N) is 2. The zero-order valence-corrected chi connectivity index (χ0v) is 17.2. The molecule has 156 valence electrons. The minimum atomic E-state index is -0.830. The van der Waals surface area contributed by atoms with E-state index in [1.54, 1.807) is 20.8 Å². The van der Waals surface area contributed by atoms with Crippen LogP contribution in [0.2, 0.25) is 0 Å². The van der Waals surface area contributed by atoms with Crippen LogP contribution in [0.15, 0.2) is 30.3 Å². The van der Waals surface area contributed by atoms with E-state index in [1.165, 1.54) is 5.01 Å². The van der Waals surface area contributed by atoms with Gasteiger partial charge >= 0.3 is 12.1 Å². The van der Waals surface area contributed by atoms with E-state index in [-0.39, 0.29) is 25.6 Å². The molecule has 4 N–H and O–H groups in total. The van der Waals surface area contributed by atoms with Crippen LogP contribution in [0.4, 0.5) is 9.59 Å². The van der Waals surface area contributed by atoms with Gasteiger partial charge in [0.1, 0.15) is 5.60 Å². The number of nitrogens with two attached hydrogens (primary N) is 1. The Balaban J connectivity index is 2.90. The number of hydrogen-bond donors (Lipinski definition) is 3. The molecule has 0 spiro atoms. The maximum atomic E-state index is 12.7. The maximum Gasteiger partial charge on any atom is 0.422 e. The average Bonchev–Trinajstić information content (AvgIpc) is 2.52. The standard InChI is InChI=1S/C19H31N5O4/c1-14(2)11-24(21-17(20)26)16(25)13-23(12-15-9-7-6-8-10-15)22-18(27)28-19(3,4)5/h6-10,14H,11-13H2,1-5H3,(H,22,27)(H3,20,21,26). The van der Waals surface area contributed by atoms with Crippen LogP contribution >= 0.6 is 0 Å². The molecule has 0 aliphatic rings. The van der Waals surface area contributed by atoms with Gasteiger partial charge in [-0.15, -0.1) is 0 Å². The van der Waals surface area contributed by atoms with Crippen molar-refractivity contribution in [2.75, 3.05) is 13.1 Å². The number of benzene rings is 1. The summed E-state index contributed by atoms with van der Waals surface area (Å²) in [5.74, 6) is -0.309. The van der Waals surface area contributed by atoms with Gasteiger partial charge in [0.2, 0.25) is 0 Å². The third kappa shape index (κ3) is 9.77. The van der Waals surface area contributed by atoms with E-state index in [9.17, 15) is 14.4 Å². The van der Waals surface area contributed by atoms with Crippen molar-refractivity contribution >= 4 is 18.0 Å². The van der Waals surface area contributed by atoms with Crippen LogP contribution in [-0.4, -0.2) is 46.7 Å². The van der Waals surface area contributed by atoms with Crippen LogP contribution in [-0.2, 0) is 16.1 Å². The predicted octanol–water partition coefficient (Wildman–Crippen LogP) is 2.00. The lowest BCUT2D eigenvalue weighted by Gasteiger charge is -2.29. The van der Waals surface area contributed by atoms with Crippen molar-refractivity contribution in [3.63, 3.8) is 0 Å². The van der Waals surface area contributed by atoms with E-state index in [0.29, 0.717) is 0 Å². The smallest absolute Gasteiger partial charge is 0.422 e. The van der Waals surface area contributed by atoms with Crippen LogP contribution in [0.1, 0.15) is 40.2 Å². The highest BCUT2D eigenvalue weighted by molar-refractivity contribution is 5.82. The van der Waals surface area contributed by atoms with Gasteiger partial charge in [0.15, 0.2) is 0 Å². The third-order valence-electron chi connectivity index (χ3n) is 3.28. The zero-order chi connectivity index (χ0) is 21.3. The SMILES string of the molecule is CC(C)CN(NC(N)=O)C(=O)CN(Cc1ccccc1)NC(=O)OC(C)(C)C. The van der Waals surface area contributed by atoms with Crippen molar-refractivity contribution in [1.82, 2.24) is 20.9 Å². The monoisotopic (exact) mass is 393 g/mol. The summed E-state index contributed by atoms with van der Waals surface area (Å²) in [6.45, 7) is 9.45. The van der Waals surface area contributed by atoms with Crippen LogP contribution in [0, 0.1) is 5.92 Å². The van der Waals surface area contributed by atoms with E-state index in [2.05, 4.69) is 10.9 Å². The number of amides is 4. The first-order valence-corrected chi connectivity index (χ1v) is 9.11. The van der Waals surface area contributed by atoms with E-state index < -0.39 is 23.6 Å². The summed E-state index contributed by atoms with van der Waals surface area (Å²) in [5, 5.41) is 2.59. The molecule has 0 aromatic heterocycles. The molecule has 0 saturated carbocycles. The van der Waals surface area contributed by atoms with Gasteiger partial charge in [-0.25, -0.2) is 20.0 Å². The first-order chi connectivity index (χ1) is 13.0. The summed E-state index contributed by atoms with van der Waals surface area (Å²) in [4.78, 5) is 36.1. The molecule has 0 unspecified atom stereocenters. The maximum absolute atomic E-state index is 12.7. The number of hydrogen-bond acceptors (Lipinski definition) is 5. The van der Waals surface area contributed by atoms with Gasteiger partial charge in [0.05, 0.1) is 6.54 Å². The fourth-order valence-corrected chi connectivity index (χ4v) is 2.33. The van der Waals surface area contributed by atoms with Gasteiger partial charge in [-0.2, -0.15) is 0 Å². The van der Waals surface area contributed by atoms with Crippen molar-refractivity contribution < 1.29 is 19.1 Å². The average molecular weight is 393 g/mol. The lowest BCUT2D eigenvalue weighted by Crippen LogP contribution is -2.55. The summed E-state index contributed by atoms with van der Waals surface area (Å²) in [6.07, 6.45) is -0.672. The third-order valence-corrected chi connectivity index (χ3v) is 3.28. The molecule has 0 saturated heterocycles. The lowest BCUT2D eigenvalue weighted by molar-refractivity contribution is -0.136. The lowest BCUT2D eigenvalue weighted by atomic mass is 10.2. The summed E-state index contributed by atoms with van der Waals surface area (Å²) in [5.41, 5.74) is 10.3. The molecule has 0 radical (unpaired) electrons. The van der Waals surface area contributed by atoms with Gasteiger partial charge in [0, 0.05) is 13.1 Å². The molecule has 1 aromatic rings. The minimum absolute atomic E-state index is 0.109. The van der Waals surface area contributed by atoms with Gasteiger partial charge in [-0.05, 0) is 32.3 Å². The van der Waals surface area contributed by atoms with Crippen LogP contribution < -0.4 is 16.6 Å². The molecule has 9 nitrogen and oxygen atoms in total. The molecule has 4 amide bonds. The van der Waals surface area contributed by atoms with E-state index in [0.717, 1.165) is 10.6 Å². The van der Waals surface area contributed by atoms with E-state index in [4.69, 9.17) is 10.5 Å². The Labute approximate surface area is 166 Å². The zero-order valence-electron chi connectivity index (χ0n) is 17.2. The number of hydrazine groups is 2. The van der Waals surface area contributed by atoms with E-state index in [1.807, 2.05) is 44.2 Å². The highest BCUT2D eigenvalue weighted by Gasteiger charge is 2.23. The Bertz CT molecular complexity index is 658. The molecular weight excluding hydrogens is 362 g/mol. The predicted molar refractivity (Wildman–Crippen MR) is 105 cm³/mol. The highest BCUT2D eigenvalue weighted by atomic mass is 16.6. The number of ether oxygens (including phenoxy) is 1. The first kappa shape index (κ1) is 23.2. The summed E-state index contributed by atoms with van der Waals surface area (Å²) >= 11 is 0. The molecular formula is C19H31N5O4. The molecule has 28 heavy (non-hydrogen) atoms. The number of primary amides is 1. The van der Waals surface area contributed by atoms with Crippen molar-refractivity contribution in [2.24, 2.45) is 11.7 Å². The highest BCUT2D eigenvalue weighted by Crippen LogP contribution is 2.08. The number of carbonyl (C=O) groups is 3. The number of carbonyl (C=O) groups excluding carboxylic acids is 3. The van der Waals surface area contributed by atoms with Crippen LogP contribution in [0.25, 0.3) is 0 Å². The first-order valence-electron chi connectivity index (χ1n) is 9.11. The number of rotatable bonds is 7. The van der Waals surface area contributed by atoms with Gasteiger partial charge in [-0.3, -0.25) is 15.2 Å². The summed E-state index contributed by atoms with van der Waals surface area (Å²) < 4.78 is 5.27. The Morgan fingerprint density at radius 1 is 1.11 bits per heavy atom.